The van der Waals surface area contributed by atoms with E-state index in [1.54, 1.807) is 6.08 Å². The van der Waals surface area contributed by atoms with E-state index in [2.05, 4.69) is 39.3 Å². The van der Waals surface area contributed by atoms with Gasteiger partial charge in [-0.25, -0.2) is 0 Å². The average molecular weight is 236 g/mol. The Morgan fingerprint density at radius 1 is 1.41 bits per heavy atom. The maximum Gasteiger partial charge on any atom is 0.0663 e. The van der Waals surface area contributed by atoms with Gasteiger partial charge in [-0.2, -0.15) is 5.26 Å². The highest BCUT2D eigenvalue weighted by Gasteiger charge is 2.34. The normalized spacial score (nSPS) is 19.1. The number of hydrogen-bond donors (Lipinski definition) is 0. The summed E-state index contributed by atoms with van der Waals surface area (Å²) >= 11 is 0. The van der Waals surface area contributed by atoms with E-state index < -0.39 is 0 Å². The summed E-state index contributed by atoms with van der Waals surface area (Å²) in [6.45, 7) is 13.0. The summed E-state index contributed by atoms with van der Waals surface area (Å²) in [6.07, 6.45) is 6.19. The summed E-state index contributed by atoms with van der Waals surface area (Å²) in [7, 11) is 2.24. The fraction of sp³-hybridized carbons (Fsp3) is 0.800. The molecule has 1 rings (SSSR count). The van der Waals surface area contributed by atoms with Gasteiger partial charge < -0.3 is 4.90 Å². The minimum Gasteiger partial charge on any atom is -0.306 e. The zero-order valence-corrected chi connectivity index (χ0v) is 12.0. The Bertz CT molecular complexity index is 242. The van der Waals surface area contributed by atoms with Crippen molar-refractivity contribution in [1.29, 1.82) is 5.26 Å². The highest BCUT2D eigenvalue weighted by Crippen LogP contribution is 2.41. The first-order chi connectivity index (χ1) is 8.02. The van der Waals surface area contributed by atoms with Gasteiger partial charge in [0.2, 0.25) is 0 Å². The van der Waals surface area contributed by atoms with Crippen molar-refractivity contribution in [3.8, 4) is 6.07 Å². The molecular weight excluding hydrogens is 208 g/mol. The van der Waals surface area contributed by atoms with Gasteiger partial charge in [0.05, 0.1) is 12.5 Å². The first kappa shape index (κ1) is 16.2. The van der Waals surface area contributed by atoms with E-state index in [0.29, 0.717) is 11.8 Å². The van der Waals surface area contributed by atoms with E-state index in [1.807, 2.05) is 6.07 Å². The molecule has 1 saturated heterocycles. The van der Waals surface area contributed by atoms with Gasteiger partial charge >= 0.3 is 0 Å². The minimum atomic E-state index is 0.458. The molecule has 0 N–H and O–H groups in total. The Hall–Kier alpha value is -0.810. The lowest BCUT2D eigenvalue weighted by Gasteiger charge is -2.43. The zero-order chi connectivity index (χ0) is 13.3. The summed E-state index contributed by atoms with van der Waals surface area (Å²) in [5.74, 6) is 0.858. The number of nitrogens with zero attached hydrogens (tertiary/aromatic N) is 2. The molecule has 0 atom stereocenters. The second-order valence-corrected chi connectivity index (χ2v) is 5.32. The van der Waals surface area contributed by atoms with Crippen molar-refractivity contribution in [1.82, 2.24) is 4.90 Å². The molecule has 0 aliphatic carbocycles. The van der Waals surface area contributed by atoms with Gasteiger partial charge in [-0.3, -0.25) is 0 Å². The third kappa shape index (κ3) is 5.37. The van der Waals surface area contributed by atoms with E-state index >= 15 is 0 Å². The van der Waals surface area contributed by atoms with Gasteiger partial charge in [0, 0.05) is 0 Å². The van der Waals surface area contributed by atoms with Gasteiger partial charge in [0.15, 0.2) is 0 Å². The predicted molar refractivity (Wildman–Crippen MR) is 74.7 cm³/mol. The van der Waals surface area contributed by atoms with Crippen LogP contribution in [0.2, 0.25) is 0 Å². The summed E-state index contributed by atoms with van der Waals surface area (Å²) in [4.78, 5) is 2.45. The second-order valence-electron chi connectivity index (χ2n) is 5.32. The molecule has 0 radical (unpaired) electrons. The van der Waals surface area contributed by atoms with Crippen LogP contribution in [0.4, 0.5) is 0 Å². The van der Waals surface area contributed by atoms with Crippen molar-refractivity contribution in [2.45, 2.75) is 46.5 Å². The molecule has 0 spiro atoms. The lowest BCUT2D eigenvalue weighted by Crippen LogP contribution is -2.40. The number of allylic oxidation sites excluding steroid dienone is 1. The Kier molecular flexibility index (Phi) is 7.91. The summed E-state index contributed by atoms with van der Waals surface area (Å²) < 4.78 is 0. The first-order valence-corrected chi connectivity index (χ1v) is 6.68. The van der Waals surface area contributed by atoms with Crippen LogP contribution in [-0.4, -0.2) is 25.0 Å². The van der Waals surface area contributed by atoms with E-state index in [4.69, 9.17) is 5.26 Å². The number of likely N-dealkylation sites (tertiary alicyclic amines) is 1. The van der Waals surface area contributed by atoms with Crippen LogP contribution < -0.4 is 0 Å². The molecule has 1 fully saturated rings. The number of nitriles is 1. The van der Waals surface area contributed by atoms with Gasteiger partial charge in [-0.1, -0.05) is 33.3 Å². The molecule has 0 aromatic heterocycles. The number of piperidine rings is 1. The molecule has 17 heavy (non-hydrogen) atoms. The second kappa shape index (κ2) is 8.31. The Balaban J connectivity index is 0.000000437. The van der Waals surface area contributed by atoms with E-state index in [0.717, 1.165) is 5.92 Å². The lowest BCUT2D eigenvalue weighted by atomic mass is 9.68. The Morgan fingerprint density at radius 2 is 1.94 bits per heavy atom. The standard InChI is InChI=1S/C11H23N.C4H5N/c1-5-11(10(2)3)6-8-12(4)9-7-11;1-2-3-4-5/h10H,5-9H2,1-4H3;2H,1,3H2. The van der Waals surface area contributed by atoms with Crippen molar-refractivity contribution in [3.05, 3.63) is 12.7 Å². The SMILES string of the molecule is C=CCC#N.CCC1(C(C)C)CCN(C)CC1. The van der Waals surface area contributed by atoms with Crippen LogP contribution >= 0.6 is 0 Å². The largest absolute Gasteiger partial charge is 0.306 e. The molecule has 1 aliphatic heterocycles. The van der Waals surface area contributed by atoms with Crippen molar-refractivity contribution >= 4 is 0 Å². The highest BCUT2D eigenvalue weighted by molar-refractivity contribution is 4.86. The van der Waals surface area contributed by atoms with Gasteiger partial charge in [0.1, 0.15) is 0 Å². The Labute approximate surface area is 107 Å². The van der Waals surface area contributed by atoms with Crippen LogP contribution in [0, 0.1) is 22.7 Å². The molecule has 0 amide bonds. The first-order valence-electron chi connectivity index (χ1n) is 6.68. The fourth-order valence-electron chi connectivity index (χ4n) is 2.47. The topological polar surface area (TPSA) is 27.0 Å². The van der Waals surface area contributed by atoms with Gasteiger partial charge in [0.25, 0.3) is 0 Å². The van der Waals surface area contributed by atoms with Crippen LogP contribution in [0.25, 0.3) is 0 Å². The summed E-state index contributed by atoms with van der Waals surface area (Å²) in [5, 5.41) is 7.74. The fourth-order valence-corrected chi connectivity index (χ4v) is 2.47. The van der Waals surface area contributed by atoms with Crippen LogP contribution in [0.5, 0.6) is 0 Å². The maximum atomic E-state index is 7.74. The van der Waals surface area contributed by atoms with Crippen molar-refractivity contribution in [2.75, 3.05) is 20.1 Å². The molecule has 1 aliphatic rings. The molecule has 0 aromatic carbocycles. The van der Waals surface area contributed by atoms with E-state index in [1.165, 1.54) is 32.4 Å². The van der Waals surface area contributed by atoms with Gasteiger partial charge in [-0.05, 0) is 44.3 Å². The zero-order valence-electron chi connectivity index (χ0n) is 12.0. The minimum absolute atomic E-state index is 0.458. The highest BCUT2D eigenvalue weighted by atomic mass is 15.1. The monoisotopic (exact) mass is 236 g/mol. The predicted octanol–water partition coefficient (Wildman–Crippen LogP) is 3.85. The molecule has 1 heterocycles. The van der Waals surface area contributed by atoms with Crippen LogP contribution in [0.15, 0.2) is 12.7 Å². The van der Waals surface area contributed by atoms with Crippen molar-refractivity contribution in [3.63, 3.8) is 0 Å². The third-order valence-electron chi connectivity index (χ3n) is 4.15. The molecular formula is C15H28N2. The third-order valence-corrected chi connectivity index (χ3v) is 4.15. The summed E-state index contributed by atoms with van der Waals surface area (Å²) in [6, 6.07) is 1.90. The Morgan fingerprint density at radius 3 is 2.18 bits per heavy atom. The molecule has 0 aromatic rings. The van der Waals surface area contributed by atoms with Crippen molar-refractivity contribution < 1.29 is 0 Å². The van der Waals surface area contributed by atoms with Gasteiger partial charge in [-0.15, -0.1) is 6.58 Å². The average Bonchev–Trinajstić information content (AvgIpc) is 2.32. The van der Waals surface area contributed by atoms with Crippen LogP contribution in [0.3, 0.4) is 0 Å². The number of rotatable bonds is 3. The van der Waals surface area contributed by atoms with E-state index in [-0.39, 0.29) is 0 Å². The van der Waals surface area contributed by atoms with E-state index in [9.17, 15) is 0 Å². The quantitative estimate of drug-likeness (QED) is 0.696. The van der Waals surface area contributed by atoms with Crippen LogP contribution in [-0.2, 0) is 0 Å². The molecule has 0 unspecified atom stereocenters. The molecule has 0 saturated carbocycles. The lowest BCUT2D eigenvalue weighted by molar-refractivity contribution is 0.0700. The van der Waals surface area contributed by atoms with Crippen molar-refractivity contribution in [2.24, 2.45) is 11.3 Å². The molecule has 2 nitrogen and oxygen atoms in total. The summed E-state index contributed by atoms with van der Waals surface area (Å²) in [5.41, 5.74) is 0.659. The molecule has 98 valence electrons. The number of hydrogen-bond acceptors (Lipinski definition) is 2. The smallest absolute Gasteiger partial charge is 0.0663 e. The molecule has 0 bridgehead atoms. The van der Waals surface area contributed by atoms with Crippen LogP contribution in [0.1, 0.15) is 46.5 Å². The maximum absolute atomic E-state index is 7.74. The molecule has 2 heteroatoms.